The van der Waals surface area contributed by atoms with Crippen LogP contribution >= 0.6 is 0 Å². The van der Waals surface area contributed by atoms with Crippen LogP contribution in [0.3, 0.4) is 0 Å². The summed E-state index contributed by atoms with van der Waals surface area (Å²) < 4.78 is 5.67. The fraction of sp³-hybridized carbons (Fsp3) is 0.500. The van der Waals surface area contributed by atoms with Crippen molar-refractivity contribution in [3.8, 4) is 0 Å². The molecule has 0 unspecified atom stereocenters. The van der Waals surface area contributed by atoms with E-state index in [4.69, 9.17) is 10.2 Å². The molecule has 0 aliphatic heterocycles. The molecule has 4 rings (SSSR count). The van der Waals surface area contributed by atoms with Crippen molar-refractivity contribution in [3.05, 3.63) is 18.2 Å². The number of hydrogen-bond donors (Lipinski definition) is 2. The number of nitrogen functional groups attached to an aromatic ring is 1. The monoisotopic (exact) mass is 243 g/mol. The number of anilines is 2. The van der Waals surface area contributed by atoms with Gasteiger partial charge < -0.3 is 15.5 Å². The molecule has 2 saturated carbocycles. The number of fused-ring (bicyclic) bond motifs is 1. The maximum Gasteiger partial charge on any atom is 0.295 e. The smallest absolute Gasteiger partial charge is 0.295 e. The Hall–Kier alpha value is -1.71. The summed E-state index contributed by atoms with van der Waals surface area (Å²) in [6.45, 7) is 1.000. The molecule has 3 N–H and O–H groups in total. The van der Waals surface area contributed by atoms with Crippen LogP contribution in [-0.2, 0) is 0 Å². The van der Waals surface area contributed by atoms with Crippen molar-refractivity contribution in [3.63, 3.8) is 0 Å². The molecule has 2 aromatic rings. The van der Waals surface area contributed by atoms with Gasteiger partial charge in [-0.05, 0) is 49.1 Å². The van der Waals surface area contributed by atoms with Crippen molar-refractivity contribution in [2.75, 3.05) is 17.6 Å². The number of benzene rings is 1. The standard InChI is InChI=1S/C14H17N3O/c15-10-3-4-11-12(7-10)18-13(17-11)16-8-14(5-6-14)9-1-2-9/h3-4,7,9H,1-2,5-6,8,15H2,(H,16,17). The van der Waals surface area contributed by atoms with Crippen molar-refractivity contribution in [1.29, 1.82) is 0 Å². The first-order valence-corrected chi connectivity index (χ1v) is 6.65. The summed E-state index contributed by atoms with van der Waals surface area (Å²) >= 11 is 0. The number of rotatable bonds is 4. The van der Waals surface area contributed by atoms with Crippen molar-refractivity contribution in [1.82, 2.24) is 4.98 Å². The summed E-state index contributed by atoms with van der Waals surface area (Å²) in [5.41, 5.74) is 8.61. The van der Waals surface area contributed by atoms with Gasteiger partial charge in [0.1, 0.15) is 5.52 Å². The van der Waals surface area contributed by atoms with E-state index in [-0.39, 0.29) is 0 Å². The third-order valence-corrected chi connectivity index (χ3v) is 4.34. The summed E-state index contributed by atoms with van der Waals surface area (Å²) in [5, 5.41) is 3.36. The molecule has 1 aromatic carbocycles. The highest BCUT2D eigenvalue weighted by Crippen LogP contribution is 2.61. The van der Waals surface area contributed by atoms with E-state index in [2.05, 4.69) is 10.3 Å². The van der Waals surface area contributed by atoms with Gasteiger partial charge in [0.2, 0.25) is 0 Å². The lowest BCUT2D eigenvalue weighted by Gasteiger charge is -2.13. The van der Waals surface area contributed by atoms with E-state index in [1.807, 2.05) is 18.2 Å². The average molecular weight is 243 g/mol. The first-order chi connectivity index (χ1) is 8.75. The van der Waals surface area contributed by atoms with Crippen LogP contribution in [0.5, 0.6) is 0 Å². The van der Waals surface area contributed by atoms with Crippen molar-refractivity contribution in [2.24, 2.45) is 11.3 Å². The summed E-state index contributed by atoms with van der Waals surface area (Å²) in [4.78, 5) is 4.43. The molecule has 0 amide bonds. The number of oxazole rings is 1. The van der Waals surface area contributed by atoms with Gasteiger partial charge in [0.15, 0.2) is 5.58 Å². The Balaban J connectivity index is 1.52. The van der Waals surface area contributed by atoms with Crippen LogP contribution in [0.4, 0.5) is 11.7 Å². The summed E-state index contributed by atoms with van der Waals surface area (Å²) in [7, 11) is 0. The zero-order valence-electron chi connectivity index (χ0n) is 10.3. The number of nitrogens with one attached hydrogen (secondary N) is 1. The second kappa shape index (κ2) is 3.40. The van der Waals surface area contributed by atoms with Crippen molar-refractivity contribution >= 4 is 22.8 Å². The molecule has 4 heteroatoms. The van der Waals surface area contributed by atoms with Crippen LogP contribution < -0.4 is 11.1 Å². The van der Waals surface area contributed by atoms with E-state index in [1.54, 1.807) is 0 Å². The van der Waals surface area contributed by atoms with E-state index in [1.165, 1.54) is 25.7 Å². The molecule has 2 fully saturated rings. The van der Waals surface area contributed by atoms with Gasteiger partial charge >= 0.3 is 0 Å². The first kappa shape index (κ1) is 10.2. The summed E-state index contributed by atoms with van der Waals surface area (Å²) in [6.07, 6.45) is 5.53. The second-order valence-electron chi connectivity index (χ2n) is 5.74. The maximum absolute atomic E-state index is 5.73. The van der Waals surface area contributed by atoms with E-state index in [9.17, 15) is 0 Å². The Morgan fingerprint density at radius 3 is 2.94 bits per heavy atom. The third-order valence-electron chi connectivity index (χ3n) is 4.34. The lowest BCUT2D eigenvalue weighted by molar-refractivity contribution is 0.459. The quantitative estimate of drug-likeness (QED) is 0.810. The Morgan fingerprint density at radius 2 is 2.22 bits per heavy atom. The molecule has 0 saturated heterocycles. The zero-order chi connectivity index (χ0) is 12.2. The number of nitrogens with two attached hydrogens (primary N) is 1. The van der Waals surface area contributed by atoms with Gasteiger partial charge in [-0.2, -0.15) is 4.98 Å². The fourth-order valence-electron chi connectivity index (χ4n) is 2.85. The Morgan fingerprint density at radius 1 is 1.39 bits per heavy atom. The van der Waals surface area contributed by atoms with Crippen LogP contribution in [0.15, 0.2) is 22.6 Å². The Kier molecular flexibility index (Phi) is 1.93. The molecule has 0 radical (unpaired) electrons. The number of hydrogen-bond acceptors (Lipinski definition) is 4. The van der Waals surface area contributed by atoms with Gasteiger partial charge in [-0.1, -0.05) is 0 Å². The molecule has 18 heavy (non-hydrogen) atoms. The second-order valence-corrected chi connectivity index (χ2v) is 5.74. The molecule has 2 aliphatic carbocycles. The SMILES string of the molecule is Nc1ccc2nc(NCC3(C4CC4)CC3)oc2c1. The molecule has 4 nitrogen and oxygen atoms in total. The largest absolute Gasteiger partial charge is 0.423 e. The molecule has 2 aliphatic rings. The lowest BCUT2D eigenvalue weighted by atomic mass is 10.0. The van der Waals surface area contributed by atoms with Crippen LogP contribution in [0.25, 0.3) is 11.1 Å². The molecule has 0 spiro atoms. The Bertz CT molecular complexity index is 596. The summed E-state index contributed by atoms with van der Waals surface area (Å²) in [6, 6.07) is 6.19. The van der Waals surface area contributed by atoms with Gasteiger partial charge in [0.25, 0.3) is 6.01 Å². The van der Waals surface area contributed by atoms with E-state index < -0.39 is 0 Å². The molecular formula is C14H17N3O. The molecule has 94 valence electrons. The molecular weight excluding hydrogens is 226 g/mol. The molecule has 0 atom stereocenters. The molecule has 0 bridgehead atoms. The minimum atomic E-state index is 0.555. The highest BCUT2D eigenvalue weighted by molar-refractivity contribution is 5.78. The number of aromatic nitrogens is 1. The Labute approximate surface area is 106 Å². The first-order valence-electron chi connectivity index (χ1n) is 6.65. The van der Waals surface area contributed by atoms with Gasteiger partial charge in [-0.25, -0.2) is 0 Å². The third kappa shape index (κ3) is 1.64. The van der Waals surface area contributed by atoms with Crippen LogP contribution in [0, 0.1) is 11.3 Å². The van der Waals surface area contributed by atoms with Gasteiger partial charge in [0.05, 0.1) is 0 Å². The van der Waals surface area contributed by atoms with Crippen LogP contribution in [-0.4, -0.2) is 11.5 Å². The lowest BCUT2D eigenvalue weighted by Crippen LogP contribution is -2.17. The summed E-state index contributed by atoms with van der Waals surface area (Å²) in [5.74, 6) is 0.949. The van der Waals surface area contributed by atoms with E-state index >= 15 is 0 Å². The maximum atomic E-state index is 5.73. The topological polar surface area (TPSA) is 64.1 Å². The van der Waals surface area contributed by atoms with Gasteiger partial charge in [0, 0.05) is 18.3 Å². The minimum absolute atomic E-state index is 0.555. The van der Waals surface area contributed by atoms with Crippen molar-refractivity contribution < 1.29 is 4.42 Å². The predicted octanol–water partition coefficient (Wildman–Crippen LogP) is 3.01. The molecule has 1 aromatic heterocycles. The average Bonchev–Trinajstić information content (AvgIpc) is 3.22. The van der Waals surface area contributed by atoms with Crippen molar-refractivity contribution in [2.45, 2.75) is 25.7 Å². The minimum Gasteiger partial charge on any atom is -0.423 e. The number of nitrogens with zero attached hydrogens (tertiary/aromatic N) is 1. The zero-order valence-corrected chi connectivity index (χ0v) is 10.3. The predicted molar refractivity (Wildman–Crippen MR) is 71.3 cm³/mol. The van der Waals surface area contributed by atoms with E-state index in [0.717, 1.165) is 23.6 Å². The fourth-order valence-corrected chi connectivity index (χ4v) is 2.85. The van der Waals surface area contributed by atoms with Gasteiger partial charge in [-0.15, -0.1) is 0 Å². The highest BCUT2D eigenvalue weighted by Gasteiger charge is 2.53. The molecule has 1 heterocycles. The van der Waals surface area contributed by atoms with Crippen LogP contribution in [0.2, 0.25) is 0 Å². The highest BCUT2D eigenvalue weighted by atomic mass is 16.4. The normalized spacial score (nSPS) is 21.1. The van der Waals surface area contributed by atoms with Crippen LogP contribution in [0.1, 0.15) is 25.7 Å². The van der Waals surface area contributed by atoms with E-state index in [0.29, 0.717) is 17.1 Å². The van der Waals surface area contributed by atoms with Gasteiger partial charge in [-0.3, -0.25) is 0 Å².